The van der Waals surface area contributed by atoms with Crippen LogP contribution >= 0.6 is 11.6 Å². The van der Waals surface area contributed by atoms with Gasteiger partial charge in [-0.1, -0.05) is 23.7 Å². The maximum atomic E-state index is 12.2. The highest BCUT2D eigenvalue weighted by Crippen LogP contribution is 2.15. The Labute approximate surface area is 145 Å². The summed E-state index contributed by atoms with van der Waals surface area (Å²) in [4.78, 5) is 16.4. The molecule has 2 heterocycles. The van der Waals surface area contributed by atoms with Gasteiger partial charge in [0.05, 0.1) is 13.2 Å². The lowest BCUT2D eigenvalue weighted by Gasteiger charge is -2.11. The van der Waals surface area contributed by atoms with Crippen LogP contribution in [0.1, 0.15) is 22.3 Å². The Kier molecular flexibility index (Phi) is 5.67. The van der Waals surface area contributed by atoms with Crippen LogP contribution in [0.15, 0.2) is 42.6 Å². The summed E-state index contributed by atoms with van der Waals surface area (Å²) in [5.41, 5.74) is 1.66. The first-order valence-corrected chi connectivity index (χ1v) is 8.31. The van der Waals surface area contributed by atoms with E-state index in [4.69, 9.17) is 21.1 Å². The summed E-state index contributed by atoms with van der Waals surface area (Å²) in [5, 5.41) is 3.61. The number of ether oxygens (including phenoxy) is 2. The van der Waals surface area contributed by atoms with Gasteiger partial charge < -0.3 is 14.8 Å². The molecule has 1 amide bonds. The minimum Gasteiger partial charge on any atom is -0.472 e. The quantitative estimate of drug-likeness (QED) is 0.873. The summed E-state index contributed by atoms with van der Waals surface area (Å²) in [6.07, 6.45) is 3.19. The normalized spacial score (nSPS) is 16.8. The lowest BCUT2D eigenvalue weighted by atomic mass is 10.1. The zero-order valence-electron chi connectivity index (χ0n) is 13.2. The summed E-state index contributed by atoms with van der Waals surface area (Å²) in [7, 11) is 0. The zero-order chi connectivity index (χ0) is 16.8. The standard InChI is InChI=1S/C18H19ClN2O3/c19-15-3-1-13(2-4-15)5-8-21-18(22)14-6-9-20-17(11-14)24-16-7-10-23-12-16/h1-4,6,9,11,16H,5,7-8,10,12H2,(H,21,22)/t16-/m0/s1. The molecular formula is C18H19ClN2O3. The molecule has 1 fully saturated rings. The third-order valence-corrected chi connectivity index (χ3v) is 4.04. The van der Waals surface area contributed by atoms with Gasteiger partial charge in [0, 0.05) is 35.8 Å². The highest BCUT2D eigenvalue weighted by Gasteiger charge is 2.18. The van der Waals surface area contributed by atoms with Crippen molar-refractivity contribution in [2.24, 2.45) is 0 Å². The number of rotatable bonds is 6. The number of amides is 1. The molecule has 0 radical (unpaired) electrons. The first-order valence-electron chi connectivity index (χ1n) is 7.94. The van der Waals surface area contributed by atoms with Crippen molar-refractivity contribution in [3.63, 3.8) is 0 Å². The zero-order valence-corrected chi connectivity index (χ0v) is 14.0. The van der Waals surface area contributed by atoms with E-state index in [1.165, 1.54) is 0 Å². The van der Waals surface area contributed by atoms with Gasteiger partial charge in [-0.3, -0.25) is 4.79 Å². The number of benzene rings is 1. The molecule has 0 spiro atoms. The van der Waals surface area contributed by atoms with Crippen molar-refractivity contribution >= 4 is 17.5 Å². The van der Waals surface area contributed by atoms with Crippen molar-refractivity contribution in [2.75, 3.05) is 19.8 Å². The van der Waals surface area contributed by atoms with Crippen molar-refractivity contribution in [3.8, 4) is 5.88 Å². The van der Waals surface area contributed by atoms with Crippen LogP contribution in [-0.2, 0) is 11.2 Å². The van der Waals surface area contributed by atoms with E-state index in [1.807, 2.05) is 24.3 Å². The molecule has 0 saturated carbocycles. The molecule has 0 aliphatic carbocycles. The number of carbonyl (C=O) groups excluding carboxylic acids is 1. The highest BCUT2D eigenvalue weighted by atomic mass is 35.5. The predicted molar refractivity (Wildman–Crippen MR) is 91.6 cm³/mol. The SMILES string of the molecule is O=C(NCCc1ccc(Cl)cc1)c1ccnc(O[C@H]2CCOC2)c1. The smallest absolute Gasteiger partial charge is 0.251 e. The number of carbonyl (C=O) groups is 1. The van der Waals surface area contributed by atoms with Gasteiger partial charge in [-0.2, -0.15) is 0 Å². The summed E-state index contributed by atoms with van der Waals surface area (Å²) in [5.74, 6) is 0.315. The fraction of sp³-hybridized carbons (Fsp3) is 0.333. The molecule has 1 aromatic carbocycles. The van der Waals surface area contributed by atoms with Crippen LogP contribution in [0.5, 0.6) is 5.88 Å². The van der Waals surface area contributed by atoms with Gasteiger partial charge in [0.2, 0.25) is 5.88 Å². The van der Waals surface area contributed by atoms with Crippen LogP contribution in [0.25, 0.3) is 0 Å². The second-order valence-electron chi connectivity index (χ2n) is 5.62. The molecule has 0 bridgehead atoms. The largest absolute Gasteiger partial charge is 0.472 e. The van der Waals surface area contributed by atoms with E-state index in [2.05, 4.69) is 10.3 Å². The van der Waals surface area contributed by atoms with Crippen molar-refractivity contribution in [3.05, 3.63) is 58.7 Å². The first kappa shape index (κ1) is 16.7. The molecule has 1 aliphatic heterocycles. The van der Waals surface area contributed by atoms with Gasteiger partial charge in [0.25, 0.3) is 5.91 Å². The molecule has 126 valence electrons. The van der Waals surface area contributed by atoms with Crippen molar-refractivity contribution < 1.29 is 14.3 Å². The Balaban J connectivity index is 1.51. The molecule has 1 atom stereocenters. The average molecular weight is 347 g/mol. The van der Waals surface area contributed by atoms with Crippen LogP contribution in [0, 0.1) is 0 Å². The van der Waals surface area contributed by atoms with Crippen LogP contribution < -0.4 is 10.1 Å². The minimum absolute atomic E-state index is 0.0146. The maximum Gasteiger partial charge on any atom is 0.251 e. The minimum atomic E-state index is -0.140. The number of hydrogen-bond acceptors (Lipinski definition) is 4. The Morgan fingerprint density at radius 3 is 2.92 bits per heavy atom. The van der Waals surface area contributed by atoms with E-state index in [1.54, 1.807) is 18.3 Å². The fourth-order valence-corrected chi connectivity index (χ4v) is 2.59. The molecule has 24 heavy (non-hydrogen) atoms. The van der Waals surface area contributed by atoms with E-state index in [0.717, 1.165) is 18.4 Å². The molecule has 3 rings (SSSR count). The average Bonchev–Trinajstić information content (AvgIpc) is 3.10. The molecule has 1 N–H and O–H groups in total. The lowest BCUT2D eigenvalue weighted by Crippen LogP contribution is -2.26. The molecule has 6 heteroatoms. The Morgan fingerprint density at radius 1 is 1.33 bits per heavy atom. The number of nitrogens with one attached hydrogen (secondary N) is 1. The molecule has 2 aromatic rings. The van der Waals surface area contributed by atoms with Crippen molar-refractivity contribution in [1.82, 2.24) is 10.3 Å². The summed E-state index contributed by atoms with van der Waals surface area (Å²) >= 11 is 5.86. The second-order valence-corrected chi connectivity index (χ2v) is 6.06. The Bertz CT molecular complexity index is 685. The monoisotopic (exact) mass is 346 g/mol. The van der Waals surface area contributed by atoms with E-state index >= 15 is 0 Å². The predicted octanol–water partition coefficient (Wildman–Crippen LogP) is 2.88. The topological polar surface area (TPSA) is 60.5 Å². The number of aromatic nitrogens is 1. The fourth-order valence-electron chi connectivity index (χ4n) is 2.47. The third-order valence-electron chi connectivity index (χ3n) is 3.78. The number of halogens is 1. The van der Waals surface area contributed by atoms with Crippen molar-refractivity contribution in [1.29, 1.82) is 0 Å². The second kappa shape index (κ2) is 8.13. The van der Waals surface area contributed by atoms with Gasteiger partial charge in [0.15, 0.2) is 0 Å². The summed E-state index contributed by atoms with van der Waals surface area (Å²) < 4.78 is 11.0. The molecule has 5 nitrogen and oxygen atoms in total. The lowest BCUT2D eigenvalue weighted by molar-refractivity contribution is 0.0952. The van der Waals surface area contributed by atoms with Crippen LogP contribution in [0.2, 0.25) is 5.02 Å². The first-order chi connectivity index (χ1) is 11.7. The Morgan fingerprint density at radius 2 is 2.17 bits per heavy atom. The number of pyridine rings is 1. The number of hydrogen-bond donors (Lipinski definition) is 1. The van der Waals surface area contributed by atoms with E-state index in [9.17, 15) is 4.79 Å². The van der Waals surface area contributed by atoms with Crippen molar-refractivity contribution in [2.45, 2.75) is 18.9 Å². The summed E-state index contributed by atoms with van der Waals surface area (Å²) in [6.45, 7) is 1.82. The van der Waals surface area contributed by atoms with Gasteiger partial charge in [-0.05, 0) is 30.2 Å². The van der Waals surface area contributed by atoms with Gasteiger partial charge in [-0.15, -0.1) is 0 Å². The third kappa shape index (κ3) is 4.69. The van der Waals surface area contributed by atoms with Crippen LogP contribution in [0.4, 0.5) is 0 Å². The molecule has 1 saturated heterocycles. The van der Waals surface area contributed by atoms with Crippen LogP contribution in [-0.4, -0.2) is 36.8 Å². The van der Waals surface area contributed by atoms with Gasteiger partial charge in [-0.25, -0.2) is 4.98 Å². The molecule has 1 aromatic heterocycles. The summed E-state index contributed by atoms with van der Waals surface area (Å²) in [6, 6.07) is 10.9. The maximum absolute atomic E-state index is 12.2. The number of nitrogens with zero attached hydrogens (tertiary/aromatic N) is 1. The van der Waals surface area contributed by atoms with E-state index in [-0.39, 0.29) is 12.0 Å². The van der Waals surface area contributed by atoms with Gasteiger partial charge in [0.1, 0.15) is 6.10 Å². The Hall–Kier alpha value is -2.11. The van der Waals surface area contributed by atoms with E-state index in [0.29, 0.717) is 36.2 Å². The molecule has 1 aliphatic rings. The van der Waals surface area contributed by atoms with Crippen LogP contribution in [0.3, 0.4) is 0 Å². The van der Waals surface area contributed by atoms with Gasteiger partial charge >= 0.3 is 0 Å². The molecule has 0 unspecified atom stereocenters. The van der Waals surface area contributed by atoms with E-state index < -0.39 is 0 Å². The highest BCUT2D eigenvalue weighted by molar-refractivity contribution is 6.30. The molecular weight excluding hydrogens is 328 g/mol.